The summed E-state index contributed by atoms with van der Waals surface area (Å²) >= 11 is 2.23. The first-order valence-electron chi connectivity index (χ1n) is 5.67. The normalized spacial score (nSPS) is 10.4. The van der Waals surface area contributed by atoms with Crippen LogP contribution in [0.4, 0.5) is 5.82 Å². The second-order valence-corrected chi connectivity index (χ2v) is 5.00. The highest BCUT2D eigenvalue weighted by Crippen LogP contribution is 2.28. The number of hydrogen-bond donors (Lipinski definition) is 1. The zero-order chi connectivity index (χ0) is 13.1. The molecule has 2 aromatic rings. The molecule has 0 saturated heterocycles. The molecule has 18 heavy (non-hydrogen) atoms. The zero-order valence-corrected chi connectivity index (χ0v) is 12.4. The van der Waals surface area contributed by atoms with E-state index in [0.717, 1.165) is 21.3 Å². The number of aromatic nitrogens is 2. The molecule has 0 saturated carbocycles. The van der Waals surface area contributed by atoms with Crippen LogP contribution >= 0.6 is 22.6 Å². The number of para-hydroxylation sites is 1. The van der Waals surface area contributed by atoms with Crippen molar-refractivity contribution in [2.75, 3.05) is 5.73 Å². The molecule has 0 aliphatic carbocycles. The van der Waals surface area contributed by atoms with Gasteiger partial charge in [-0.15, -0.1) is 0 Å². The van der Waals surface area contributed by atoms with Gasteiger partial charge in [0.25, 0.3) is 0 Å². The first-order valence-corrected chi connectivity index (χ1v) is 6.75. The summed E-state index contributed by atoms with van der Waals surface area (Å²) in [5, 5.41) is 0. The van der Waals surface area contributed by atoms with Crippen LogP contribution in [-0.4, -0.2) is 9.97 Å². The third-order valence-electron chi connectivity index (χ3n) is 2.54. The maximum atomic E-state index is 5.86. The van der Waals surface area contributed by atoms with E-state index in [2.05, 4.69) is 32.6 Å². The molecule has 0 amide bonds. The lowest BCUT2D eigenvalue weighted by Crippen LogP contribution is -2.04. The van der Waals surface area contributed by atoms with Gasteiger partial charge in [-0.1, -0.05) is 19.1 Å². The molecule has 2 N–H and O–H groups in total. The lowest BCUT2D eigenvalue weighted by atomic mass is 10.3. The predicted molar refractivity (Wildman–Crippen MR) is 79.8 cm³/mol. The van der Waals surface area contributed by atoms with E-state index in [0.29, 0.717) is 17.5 Å². The third kappa shape index (κ3) is 2.72. The fourth-order valence-corrected chi connectivity index (χ4v) is 1.95. The Morgan fingerprint density at radius 2 is 2.00 bits per heavy atom. The van der Waals surface area contributed by atoms with Crippen molar-refractivity contribution in [3.8, 4) is 11.6 Å². The van der Waals surface area contributed by atoms with E-state index in [-0.39, 0.29) is 0 Å². The Morgan fingerprint density at radius 3 is 2.67 bits per heavy atom. The van der Waals surface area contributed by atoms with E-state index in [9.17, 15) is 0 Å². The van der Waals surface area contributed by atoms with Crippen LogP contribution in [0.25, 0.3) is 0 Å². The standard InChI is InChI=1S/C13H14IN3O/c1-3-11-16-12(15)8(2)13(17-11)18-10-7-5-4-6-9(10)14/h4-7H,3H2,1-2H3,(H2,15,16,17). The summed E-state index contributed by atoms with van der Waals surface area (Å²) in [5.41, 5.74) is 6.63. The van der Waals surface area contributed by atoms with Crippen molar-refractivity contribution < 1.29 is 4.74 Å². The molecule has 0 radical (unpaired) electrons. The highest BCUT2D eigenvalue weighted by atomic mass is 127. The van der Waals surface area contributed by atoms with Gasteiger partial charge in [-0.2, -0.15) is 4.98 Å². The van der Waals surface area contributed by atoms with Crippen molar-refractivity contribution in [2.45, 2.75) is 20.3 Å². The monoisotopic (exact) mass is 355 g/mol. The fraction of sp³-hybridized carbons (Fsp3) is 0.231. The molecular formula is C13H14IN3O. The Hall–Kier alpha value is -1.37. The van der Waals surface area contributed by atoms with Crippen LogP contribution in [0.3, 0.4) is 0 Å². The van der Waals surface area contributed by atoms with Crippen LogP contribution < -0.4 is 10.5 Å². The van der Waals surface area contributed by atoms with Gasteiger partial charge in [-0.25, -0.2) is 4.98 Å². The lowest BCUT2D eigenvalue weighted by molar-refractivity contribution is 0.452. The van der Waals surface area contributed by atoms with E-state index in [1.807, 2.05) is 38.1 Å². The van der Waals surface area contributed by atoms with Gasteiger partial charge in [0.05, 0.1) is 9.13 Å². The number of nitrogens with zero attached hydrogens (tertiary/aromatic N) is 2. The summed E-state index contributed by atoms with van der Waals surface area (Å²) in [7, 11) is 0. The largest absolute Gasteiger partial charge is 0.437 e. The van der Waals surface area contributed by atoms with Gasteiger partial charge in [0.15, 0.2) is 0 Å². The summed E-state index contributed by atoms with van der Waals surface area (Å²) < 4.78 is 6.86. The number of rotatable bonds is 3. The van der Waals surface area contributed by atoms with Crippen LogP contribution in [-0.2, 0) is 6.42 Å². The quantitative estimate of drug-likeness (QED) is 0.858. The highest BCUT2D eigenvalue weighted by molar-refractivity contribution is 14.1. The Balaban J connectivity index is 2.40. The van der Waals surface area contributed by atoms with Crippen LogP contribution in [0.5, 0.6) is 11.6 Å². The molecule has 94 valence electrons. The Labute approximate surface area is 120 Å². The van der Waals surface area contributed by atoms with E-state index in [1.165, 1.54) is 0 Å². The van der Waals surface area contributed by atoms with Gasteiger partial charge >= 0.3 is 0 Å². The van der Waals surface area contributed by atoms with Crippen LogP contribution in [0.2, 0.25) is 0 Å². The maximum absolute atomic E-state index is 5.86. The molecule has 0 aliphatic heterocycles. The number of hydrogen-bond acceptors (Lipinski definition) is 4. The van der Waals surface area contributed by atoms with Crippen molar-refractivity contribution in [1.29, 1.82) is 0 Å². The van der Waals surface area contributed by atoms with Gasteiger partial charge in [0.2, 0.25) is 5.88 Å². The number of benzene rings is 1. The van der Waals surface area contributed by atoms with Gasteiger partial charge in [0, 0.05) is 6.42 Å². The molecule has 1 aromatic carbocycles. The van der Waals surface area contributed by atoms with Gasteiger partial charge in [0.1, 0.15) is 17.4 Å². The van der Waals surface area contributed by atoms with E-state index in [4.69, 9.17) is 10.5 Å². The SMILES string of the molecule is CCc1nc(N)c(C)c(Oc2ccccc2I)n1. The average Bonchev–Trinajstić information content (AvgIpc) is 2.37. The number of anilines is 1. The van der Waals surface area contributed by atoms with Crippen LogP contribution in [0.15, 0.2) is 24.3 Å². The molecule has 2 rings (SSSR count). The van der Waals surface area contributed by atoms with Crippen molar-refractivity contribution in [2.24, 2.45) is 0 Å². The van der Waals surface area contributed by atoms with Crippen LogP contribution in [0.1, 0.15) is 18.3 Å². The molecule has 0 unspecified atom stereocenters. The maximum Gasteiger partial charge on any atom is 0.227 e. The number of aryl methyl sites for hydroxylation is 1. The second-order valence-electron chi connectivity index (χ2n) is 3.84. The molecule has 0 aliphatic rings. The number of halogens is 1. The minimum absolute atomic E-state index is 0.475. The van der Waals surface area contributed by atoms with Crippen molar-refractivity contribution >= 4 is 28.4 Å². The number of nitrogens with two attached hydrogens (primary N) is 1. The molecular weight excluding hydrogens is 341 g/mol. The van der Waals surface area contributed by atoms with Crippen molar-refractivity contribution in [1.82, 2.24) is 9.97 Å². The Morgan fingerprint density at radius 1 is 1.28 bits per heavy atom. The van der Waals surface area contributed by atoms with Crippen molar-refractivity contribution in [3.05, 3.63) is 39.2 Å². The van der Waals surface area contributed by atoms with E-state index >= 15 is 0 Å². The Bertz CT molecular complexity index is 572. The molecule has 1 heterocycles. The third-order valence-corrected chi connectivity index (χ3v) is 3.44. The first-order chi connectivity index (χ1) is 8.61. The summed E-state index contributed by atoms with van der Waals surface area (Å²) in [6.07, 6.45) is 0.729. The van der Waals surface area contributed by atoms with E-state index in [1.54, 1.807) is 0 Å². The molecule has 0 fully saturated rings. The lowest BCUT2D eigenvalue weighted by Gasteiger charge is -2.11. The Kier molecular flexibility index (Phi) is 4.00. The second kappa shape index (κ2) is 5.51. The molecule has 1 aromatic heterocycles. The molecule has 0 atom stereocenters. The smallest absolute Gasteiger partial charge is 0.227 e. The number of nitrogen functional groups attached to an aromatic ring is 1. The molecule has 0 bridgehead atoms. The van der Waals surface area contributed by atoms with Crippen molar-refractivity contribution in [3.63, 3.8) is 0 Å². The van der Waals surface area contributed by atoms with E-state index < -0.39 is 0 Å². The minimum atomic E-state index is 0.475. The summed E-state index contributed by atoms with van der Waals surface area (Å²) in [4.78, 5) is 8.57. The summed E-state index contributed by atoms with van der Waals surface area (Å²) in [6.45, 7) is 3.85. The zero-order valence-electron chi connectivity index (χ0n) is 10.3. The van der Waals surface area contributed by atoms with Gasteiger partial charge < -0.3 is 10.5 Å². The van der Waals surface area contributed by atoms with Gasteiger partial charge in [-0.05, 0) is 41.6 Å². The highest BCUT2D eigenvalue weighted by Gasteiger charge is 2.11. The summed E-state index contributed by atoms with van der Waals surface area (Å²) in [5.74, 6) is 2.48. The predicted octanol–water partition coefficient (Wildman–Crippen LogP) is 3.33. The molecule has 5 heteroatoms. The first kappa shape index (κ1) is 13.1. The minimum Gasteiger partial charge on any atom is -0.437 e. The summed E-state index contributed by atoms with van der Waals surface area (Å²) in [6, 6.07) is 7.78. The molecule has 4 nitrogen and oxygen atoms in total. The topological polar surface area (TPSA) is 61.0 Å². The molecule has 0 spiro atoms. The number of ether oxygens (including phenoxy) is 1. The average molecular weight is 355 g/mol. The fourth-order valence-electron chi connectivity index (χ4n) is 1.45. The van der Waals surface area contributed by atoms with Gasteiger partial charge in [-0.3, -0.25) is 0 Å². The van der Waals surface area contributed by atoms with Crippen LogP contribution in [0, 0.1) is 10.5 Å².